The van der Waals surface area contributed by atoms with Gasteiger partial charge < -0.3 is 11.1 Å². The van der Waals surface area contributed by atoms with Crippen molar-refractivity contribution in [2.45, 2.75) is 58.5 Å². The van der Waals surface area contributed by atoms with Crippen molar-refractivity contribution in [3.05, 3.63) is 0 Å². The maximum absolute atomic E-state index is 11.8. The lowest BCUT2D eigenvalue weighted by molar-refractivity contribution is -0.126. The third-order valence-electron chi connectivity index (χ3n) is 3.64. The van der Waals surface area contributed by atoms with Crippen LogP contribution in [0.2, 0.25) is 0 Å². The molecule has 1 amide bonds. The summed E-state index contributed by atoms with van der Waals surface area (Å²) >= 11 is 0. The Hall–Kier alpha value is -0.280. The van der Waals surface area contributed by atoms with Crippen LogP contribution in [0.3, 0.4) is 0 Å². The molecule has 0 saturated heterocycles. The van der Waals surface area contributed by atoms with E-state index in [9.17, 15) is 4.79 Å². The van der Waals surface area contributed by atoms with Crippen molar-refractivity contribution < 1.29 is 4.79 Å². The molecule has 0 bridgehead atoms. The summed E-state index contributed by atoms with van der Waals surface area (Å²) in [5, 5.41) is 3.13. The third kappa shape index (κ3) is 4.30. The molecule has 0 aliphatic heterocycles. The van der Waals surface area contributed by atoms with Crippen molar-refractivity contribution in [2.24, 2.45) is 17.6 Å². The first-order chi connectivity index (χ1) is 7.02. The molecule has 1 rings (SSSR count). The summed E-state index contributed by atoms with van der Waals surface area (Å²) in [5.41, 5.74) is 5.72. The van der Waals surface area contributed by atoms with Crippen molar-refractivity contribution in [3.8, 4) is 0 Å². The van der Waals surface area contributed by atoms with E-state index in [-0.39, 0.29) is 30.3 Å². The number of rotatable bonds is 3. The fourth-order valence-corrected chi connectivity index (χ4v) is 2.08. The quantitative estimate of drug-likeness (QED) is 0.804. The molecular weight excluding hydrogens is 224 g/mol. The highest BCUT2D eigenvalue weighted by Gasteiger charge is 2.25. The Labute approximate surface area is 105 Å². The Balaban J connectivity index is 0.00000225. The molecule has 1 fully saturated rings. The molecule has 4 unspecified atom stereocenters. The summed E-state index contributed by atoms with van der Waals surface area (Å²) in [4.78, 5) is 11.8. The van der Waals surface area contributed by atoms with Crippen LogP contribution < -0.4 is 11.1 Å². The first kappa shape index (κ1) is 15.7. The lowest BCUT2D eigenvalue weighted by Gasteiger charge is -2.31. The van der Waals surface area contributed by atoms with Gasteiger partial charge in [0, 0.05) is 18.0 Å². The van der Waals surface area contributed by atoms with Gasteiger partial charge in [-0.25, -0.2) is 0 Å². The molecule has 1 aliphatic carbocycles. The molecule has 0 aromatic rings. The molecule has 0 radical (unpaired) electrons. The van der Waals surface area contributed by atoms with E-state index in [0.717, 1.165) is 6.42 Å². The van der Waals surface area contributed by atoms with Crippen LogP contribution in [0.15, 0.2) is 0 Å². The number of nitrogens with one attached hydrogen (secondary N) is 1. The molecule has 0 heterocycles. The van der Waals surface area contributed by atoms with Gasteiger partial charge in [0.2, 0.25) is 5.91 Å². The van der Waals surface area contributed by atoms with Crippen molar-refractivity contribution in [1.29, 1.82) is 0 Å². The van der Waals surface area contributed by atoms with Crippen LogP contribution >= 0.6 is 12.4 Å². The molecule has 0 spiro atoms. The van der Waals surface area contributed by atoms with Crippen LogP contribution in [0, 0.1) is 11.8 Å². The van der Waals surface area contributed by atoms with E-state index >= 15 is 0 Å². The van der Waals surface area contributed by atoms with Crippen LogP contribution in [0.25, 0.3) is 0 Å². The van der Waals surface area contributed by atoms with Crippen LogP contribution in [0.5, 0.6) is 0 Å². The van der Waals surface area contributed by atoms with Crippen molar-refractivity contribution in [2.75, 3.05) is 0 Å². The van der Waals surface area contributed by atoms with Crippen molar-refractivity contribution >= 4 is 18.3 Å². The van der Waals surface area contributed by atoms with E-state index < -0.39 is 0 Å². The molecular formula is C12H25ClN2O. The van der Waals surface area contributed by atoms with Gasteiger partial charge in [0.1, 0.15) is 0 Å². The zero-order valence-electron chi connectivity index (χ0n) is 10.5. The average molecular weight is 249 g/mol. The monoisotopic (exact) mass is 248 g/mol. The van der Waals surface area contributed by atoms with Crippen LogP contribution in [0.1, 0.15) is 46.5 Å². The Bertz CT molecular complexity index is 221. The normalized spacial score (nSPS) is 28.8. The van der Waals surface area contributed by atoms with Crippen molar-refractivity contribution in [1.82, 2.24) is 5.32 Å². The first-order valence-corrected chi connectivity index (χ1v) is 6.08. The van der Waals surface area contributed by atoms with Gasteiger partial charge in [-0.05, 0) is 25.7 Å². The zero-order valence-corrected chi connectivity index (χ0v) is 11.3. The number of hydrogen-bond acceptors (Lipinski definition) is 2. The maximum Gasteiger partial charge on any atom is 0.224 e. The molecule has 1 aliphatic rings. The summed E-state index contributed by atoms with van der Waals surface area (Å²) in [6, 6.07) is 0.302. The summed E-state index contributed by atoms with van der Waals surface area (Å²) in [5.74, 6) is 0.644. The molecule has 1 saturated carbocycles. The predicted molar refractivity (Wildman–Crippen MR) is 69.6 cm³/mol. The van der Waals surface area contributed by atoms with E-state index in [1.165, 1.54) is 19.3 Å². The first-order valence-electron chi connectivity index (χ1n) is 6.08. The van der Waals surface area contributed by atoms with E-state index in [4.69, 9.17) is 5.73 Å². The second-order valence-electron chi connectivity index (χ2n) is 5.02. The van der Waals surface area contributed by atoms with E-state index in [0.29, 0.717) is 12.0 Å². The minimum Gasteiger partial charge on any atom is -0.353 e. The number of carbonyl (C=O) groups excluding carboxylic acids is 1. The largest absolute Gasteiger partial charge is 0.353 e. The molecule has 3 nitrogen and oxygen atoms in total. The van der Waals surface area contributed by atoms with Gasteiger partial charge in [0.25, 0.3) is 0 Å². The number of hydrogen-bond donors (Lipinski definition) is 2. The highest BCUT2D eigenvalue weighted by Crippen LogP contribution is 2.23. The lowest BCUT2D eigenvalue weighted by atomic mass is 9.85. The van der Waals surface area contributed by atoms with Crippen LogP contribution in [-0.4, -0.2) is 18.0 Å². The Kier molecular flexibility index (Phi) is 7.00. The fourth-order valence-electron chi connectivity index (χ4n) is 2.08. The highest BCUT2D eigenvalue weighted by molar-refractivity contribution is 5.85. The molecule has 0 aromatic carbocycles. The molecule has 0 aromatic heterocycles. The third-order valence-corrected chi connectivity index (χ3v) is 3.64. The number of halogens is 1. The smallest absolute Gasteiger partial charge is 0.224 e. The number of carbonyl (C=O) groups is 1. The SMILES string of the molecule is CC(N)C(C)C(=O)NC1CCCCC1C.Cl. The van der Waals surface area contributed by atoms with E-state index in [1.54, 1.807) is 0 Å². The highest BCUT2D eigenvalue weighted by atomic mass is 35.5. The van der Waals surface area contributed by atoms with Gasteiger partial charge in [0.15, 0.2) is 0 Å². The Morgan fingerprint density at radius 3 is 2.38 bits per heavy atom. The average Bonchev–Trinajstić information content (AvgIpc) is 2.20. The molecule has 3 N–H and O–H groups in total. The second kappa shape index (κ2) is 7.13. The standard InChI is InChI=1S/C12H24N2O.ClH/c1-8-6-4-5-7-11(8)14-12(15)9(2)10(3)13;/h8-11H,4-7,13H2,1-3H3,(H,14,15);1H. The minimum absolute atomic E-state index is 0. The van der Waals surface area contributed by atoms with E-state index in [1.807, 2.05) is 13.8 Å². The van der Waals surface area contributed by atoms with Gasteiger partial charge >= 0.3 is 0 Å². The topological polar surface area (TPSA) is 55.1 Å². The molecule has 4 atom stereocenters. The molecule has 4 heteroatoms. The van der Waals surface area contributed by atoms with Gasteiger partial charge in [-0.2, -0.15) is 0 Å². The Morgan fingerprint density at radius 2 is 1.88 bits per heavy atom. The van der Waals surface area contributed by atoms with Crippen LogP contribution in [0.4, 0.5) is 0 Å². The maximum atomic E-state index is 11.8. The van der Waals surface area contributed by atoms with E-state index in [2.05, 4.69) is 12.2 Å². The molecule has 96 valence electrons. The predicted octanol–water partition coefficient (Wildman–Crippen LogP) is 2.09. The molecule has 16 heavy (non-hydrogen) atoms. The van der Waals surface area contributed by atoms with Gasteiger partial charge in [-0.1, -0.05) is 26.7 Å². The Morgan fingerprint density at radius 1 is 1.31 bits per heavy atom. The number of nitrogens with two attached hydrogens (primary N) is 1. The zero-order chi connectivity index (χ0) is 11.4. The number of amides is 1. The fraction of sp³-hybridized carbons (Fsp3) is 0.917. The summed E-state index contributed by atoms with van der Waals surface area (Å²) in [7, 11) is 0. The summed E-state index contributed by atoms with van der Waals surface area (Å²) < 4.78 is 0. The minimum atomic E-state index is -0.0841. The van der Waals surface area contributed by atoms with Gasteiger partial charge in [0.05, 0.1) is 0 Å². The summed E-state index contributed by atoms with van der Waals surface area (Å²) in [6.45, 7) is 6.00. The van der Waals surface area contributed by atoms with Gasteiger partial charge in [-0.15, -0.1) is 12.4 Å². The van der Waals surface area contributed by atoms with Crippen LogP contribution in [-0.2, 0) is 4.79 Å². The lowest BCUT2D eigenvalue weighted by Crippen LogP contribution is -2.46. The van der Waals surface area contributed by atoms with Crippen molar-refractivity contribution in [3.63, 3.8) is 0 Å². The second-order valence-corrected chi connectivity index (χ2v) is 5.02. The van der Waals surface area contributed by atoms with Gasteiger partial charge in [-0.3, -0.25) is 4.79 Å². The summed E-state index contributed by atoms with van der Waals surface area (Å²) in [6.07, 6.45) is 4.90.